The van der Waals surface area contributed by atoms with Crippen LogP contribution >= 0.6 is 0 Å². The van der Waals surface area contributed by atoms with Crippen molar-refractivity contribution in [1.82, 2.24) is 9.97 Å². The molecule has 0 unspecified atom stereocenters. The molecule has 0 atom stereocenters. The molecule has 0 bridgehead atoms. The number of rotatable bonds is 3. The molecule has 1 aromatic rings. The molecule has 5 heteroatoms. The number of carbonyl (C=O) groups excluding carboxylic acids is 1. The van der Waals surface area contributed by atoms with Crippen LogP contribution in [0.15, 0.2) is 12.4 Å². The molecule has 1 rings (SSSR count). The summed E-state index contributed by atoms with van der Waals surface area (Å²) >= 11 is 0. The molecule has 1 amide bonds. The zero-order valence-electron chi connectivity index (χ0n) is 7.70. The first kappa shape index (κ1) is 9.57. The molecule has 0 saturated heterocycles. The molecule has 1 aromatic heterocycles. The van der Waals surface area contributed by atoms with Gasteiger partial charge in [-0.3, -0.25) is 0 Å². The summed E-state index contributed by atoms with van der Waals surface area (Å²) in [5.41, 5.74) is 4.29. The number of nitrogens with one attached hydrogen (secondary N) is 1. The van der Waals surface area contributed by atoms with Gasteiger partial charge in [-0.2, -0.15) is 0 Å². The van der Waals surface area contributed by atoms with Crippen LogP contribution in [0, 0.1) is 0 Å². The number of ether oxygens (including phenoxy) is 1. The zero-order chi connectivity index (χ0) is 9.90. The fraction of sp³-hybridized carbons (Fsp3) is 0.500. The molecule has 13 heavy (non-hydrogen) atoms. The van der Waals surface area contributed by atoms with Crippen LogP contribution in [0.5, 0.6) is 0 Å². The average molecular weight is 183 g/mol. The van der Waals surface area contributed by atoms with E-state index in [9.17, 15) is 4.79 Å². The third-order valence-corrected chi connectivity index (χ3v) is 1.52. The normalized spacial score (nSPS) is 11.2. The van der Waals surface area contributed by atoms with E-state index >= 15 is 0 Å². The van der Waals surface area contributed by atoms with Crippen molar-refractivity contribution in [3.63, 3.8) is 0 Å². The minimum Gasteiger partial charge on any atom is -0.443 e. The highest BCUT2D eigenvalue weighted by Gasteiger charge is 2.23. The Hall–Kier alpha value is -1.52. The average Bonchev–Trinajstić information content (AvgIpc) is 2.34. The minimum absolute atomic E-state index is 0.517. The van der Waals surface area contributed by atoms with Crippen molar-refractivity contribution in [2.45, 2.75) is 25.9 Å². The van der Waals surface area contributed by atoms with Gasteiger partial charge >= 0.3 is 6.09 Å². The van der Waals surface area contributed by atoms with Crippen molar-refractivity contribution in [3.8, 4) is 0 Å². The van der Waals surface area contributed by atoms with E-state index in [1.807, 2.05) is 0 Å². The van der Waals surface area contributed by atoms with Crippen molar-refractivity contribution in [3.05, 3.63) is 18.2 Å². The van der Waals surface area contributed by atoms with Crippen LogP contribution in [0.1, 0.15) is 19.7 Å². The molecule has 0 fully saturated rings. The van der Waals surface area contributed by atoms with Gasteiger partial charge in [-0.05, 0) is 13.8 Å². The molecule has 0 aliphatic heterocycles. The summed E-state index contributed by atoms with van der Waals surface area (Å²) in [6.07, 6.45) is 3.12. The maximum absolute atomic E-state index is 10.5. The molecule has 3 N–H and O–H groups in total. The van der Waals surface area contributed by atoms with E-state index in [1.54, 1.807) is 26.2 Å². The van der Waals surface area contributed by atoms with Gasteiger partial charge < -0.3 is 15.5 Å². The second-order valence-corrected chi connectivity index (χ2v) is 3.39. The number of imidazole rings is 1. The number of aromatic nitrogens is 2. The number of nitrogens with zero attached hydrogens (tertiary/aromatic N) is 1. The molecule has 0 aliphatic rings. The molecule has 0 spiro atoms. The van der Waals surface area contributed by atoms with Gasteiger partial charge in [0, 0.05) is 18.8 Å². The van der Waals surface area contributed by atoms with Crippen LogP contribution in [0.4, 0.5) is 4.79 Å². The van der Waals surface area contributed by atoms with Gasteiger partial charge in [-0.15, -0.1) is 0 Å². The van der Waals surface area contributed by atoms with Crippen LogP contribution in [-0.4, -0.2) is 21.7 Å². The van der Waals surface area contributed by atoms with Gasteiger partial charge in [0.15, 0.2) is 0 Å². The fourth-order valence-corrected chi connectivity index (χ4v) is 1.11. The lowest BCUT2D eigenvalue weighted by molar-refractivity contribution is 0.0447. The highest BCUT2D eigenvalue weighted by atomic mass is 16.6. The van der Waals surface area contributed by atoms with Gasteiger partial charge in [0.2, 0.25) is 0 Å². The van der Waals surface area contributed by atoms with Gasteiger partial charge in [0.25, 0.3) is 0 Å². The van der Waals surface area contributed by atoms with E-state index in [0.29, 0.717) is 6.42 Å². The van der Waals surface area contributed by atoms with Crippen molar-refractivity contribution < 1.29 is 9.53 Å². The second kappa shape index (κ2) is 3.47. The zero-order valence-corrected chi connectivity index (χ0v) is 7.70. The number of hydrogen-bond acceptors (Lipinski definition) is 3. The highest BCUT2D eigenvalue weighted by molar-refractivity contribution is 5.65. The predicted molar refractivity (Wildman–Crippen MR) is 47.0 cm³/mol. The Morgan fingerprint density at radius 3 is 2.92 bits per heavy atom. The van der Waals surface area contributed by atoms with E-state index in [0.717, 1.165) is 5.82 Å². The van der Waals surface area contributed by atoms with Crippen LogP contribution < -0.4 is 5.73 Å². The quantitative estimate of drug-likeness (QED) is 0.728. The van der Waals surface area contributed by atoms with Crippen molar-refractivity contribution in [2.75, 3.05) is 0 Å². The molecule has 1 heterocycles. The molecule has 0 saturated carbocycles. The van der Waals surface area contributed by atoms with Crippen molar-refractivity contribution in [2.24, 2.45) is 5.73 Å². The third kappa shape index (κ3) is 3.14. The van der Waals surface area contributed by atoms with E-state index in [-0.39, 0.29) is 0 Å². The van der Waals surface area contributed by atoms with E-state index in [4.69, 9.17) is 10.5 Å². The first-order valence-corrected chi connectivity index (χ1v) is 3.96. The number of H-pyrrole nitrogens is 1. The number of hydrogen-bond donors (Lipinski definition) is 2. The molecular weight excluding hydrogens is 170 g/mol. The molecule has 5 nitrogen and oxygen atoms in total. The molecular formula is C8H13N3O2. The van der Waals surface area contributed by atoms with E-state index in [1.165, 1.54) is 0 Å². The van der Waals surface area contributed by atoms with Crippen LogP contribution in [0.25, 0.3) is 0 Å². The number of amides is 1. The topological polar surface area (TPSA) is 81.0 Å². The van der Waals surface area contributed by atoms with Gasteiger partial charge in [0.1, 0.15) is 11.4 Å². The standard InChI is InChI=1S/C8H13N3O2/c1-8(2,13-7(9)12)5-6-10-3-4-11-6/h3-4H,5H2,1-2H3,(H2,9,12)(H,10,11). The molecule has 0 aliphatic carbocycles. The van der Waals surface area contributed by atoms with Gasteiger partial charge in [-0.25, -0.2) is 9.78 Å². The third-order valence-electron chi connectivity index (χ3n) is 1.52. The lowest BCUT2D eigenvalue weighted by atomic mass is 10.1. The summed E-state index contributed by atoms with van der Waals surface area (Å²) in [5.74, 6) is 0.770. The highest BCUT2D eigenvalue weighted by Crippen LogP contribution is 2.13. The van der Waals surface area contributed by atoms with E-state index < -0.39 is 11.7 Å². The Morgan fingerprint density at radius 2 is 2.46 bits per heavy atom. The Bertz CT molecular complexity index is 280. The molecule has 72 valence electrons. The van der Waals surface area contributed by atoms with Gasteiger partial charge in [0.05, 0.1) is 0 Å². The molecule has 0 radical (unpaired) electrons. The summed E-state index contributed by atoms with van der Waals surface area (Å²) in [6.45, 7) is 3.56. The lowest BCUT2D eigenvalue weighted by Gasteiger charge is -2.22. The summed E-state index contributed by atoms with van der Waals surface area (Å²) in [7, 11) is 0. The predicted octanol–water partition coefficient (Wildman–Crippen LogP) is 0.826. The monoisotopic (exact) mass is 183 g/mol. The largest absolute Gasteiger partial charge is 0.443 e. The second-order valence-electron chi connectivity index (χ2n) is 3.39. The first-order chi connectivity index (χ1) is 5.99. The maximum atomic E-state index is 10.5. The maximum Gasteiger partial charge on any atom is 0.405 e. The fourth-order valence-electron chi connectivity index (χ4n) is 1.11. The Kier molecular flexibility index (Phi) is 2.55. The Morgan fingerprint density at radius 1 is 1.77 bits per heavy atom. The smallest absolute Gasteiger partial charge is 0.405 e. The van der Waals surface area contributed by atoms with Crippen LogP contribution in [0.3, 0.4) is 0 Å². The minimum atomic E-state index is -0.767. The number of nitrogens with two attached hydrogens (primary N) is 1. The summed E-state index contributed by atoms with van der Waals surface area (Å²) < 4.78 is 4.89. The Labute approximate surface area is 76.3 Å². The lowest BCUT2D eigenvalue weighted by Crippen LogP contribution is -2.33. The summed E-state index contributed by atoms with van der Waals surface area (Å²) in [6, 6.07) is 0. The number of aromatic amines is 1. The van der Waals surface area contributed by atoms with E-state index in [2.05, 4.69) is 9.97 Å². The van der Waals surface area contributed by atoms with Crippen molar-refractivity contribution >= 4 is 6.09 Å². The Balaban J connectivity index is 2.56. The SMILES string of the molecule is CC(C)(Cc1ncc[nH]1)OC(N)=O. The van der Waals surface area contributed by atoms with Crippen LogP contribution in [0.2, 0.25) is 0 Å². The first-order valence-electron chi connectivity index (χ1n) is 3.96. The summed E-state index contributed by atoms with van der Waals surface area (Å²) in [5, 5.41) is 0. The van der Waals surface area contributed by atoms with Gasteiger partial charge in [-0.1, -0.05) is 0 Å². The molecule has 0 aromatic carbocycles. The van der Waals surface area contributed by atoms with Crippen LogP contribution in [-0.2, 0) is 11.2 Å². The van der Waals surface area contributed by atoms with Crippen molar-refractivity contribution in [1.29, 1.82) is 0 Å². The number of primary amides is 1. The summed E-state index contributed by atoms with van der Waals surface area (Å²) in [4.78, 5) is 17.5. The number of carbonyl (C=O) groups is 1.